The molecule has 2 aliphatic rings. The van der Waals surface area contributed by atoms with E-state index in [0.29, 0.717) is 19.5 Å². The van der Waals surface area contributed by atoms with Gasteiger partial charge in [0.15, 0.2) is 5.96 Å². The van der Waals surface area contributed by atoms with E-state index in [1.165, 1.54) is 18.4 Å². The summed E-state index contributed by atoms with van der Waals surface area (Å²) in [6, 6.07) is 12.2. The molecule has 4 rings (SSSR count). The van der Waals surface area contributed by atoms with Crippen molar-refractivity contribution in [2.45, 2.75) is 38.6 Å². The fraction of sp³-hybridized carbons (Fsp3) is 0.435. The Morgan fingerprint density at radius 1 is 1.20 bits per heavy atom. The van der Waals surface area contributed by atoms with Crippen LogP contribution in [-0.4, -0.2) is 43.0 Å². The van der Waals surface area contributed by atoms with Crippen LogP contribution in [0.15, 0.2) is 47.6 Å². The van der Waals surface area contributed by atoms with Crippen molar-refractivity contribution in [2.24, 2.45) is 4.99 Å². The maximum atomic E-state index is 12.0. The van der Waals surface area contributed by atoms with Gasteiger partial charge >= 0.3 is 0 Å². The monoisotopic (exact) mass is 406 g/mol. The van der Waals surface area contributed by atoms with Crippen LogP contribution in [0.3, 0.4) is 0 Å². The van der Waals surface area contributed by atoms with E-state index >= 15 is 0 Å². The molecule has 1 fully saturated rings. The van der Waals surface area contributed by atoms with Gasteiger partial charge in [-0.15, -0.1) is 0 Å². The third-order valence-electron chi connectivity index (χ3n) is 5.63. The highest BCUT2D eigenvalue weighted by Gasteiger charge is 2.24. The number of hydrogen-bond acceptors (Lipinski definition) is 4. The smallest absolute Gasteiger partial charge is 0.225 e. The molecule has 1 amide bonds. The summed E-state index contributed by atoms with van der Waals surface area (Å²) in [5.41, 5.74) is 3.16. The highest BCUT2D eigenvalue weighted by Crippen LogP contribution is 2.31. The number of fused-ring (bicyclic) bond motifs is 1. The molecule has 1 unspecified atom stereocenters. The summed E-state index contributed by atoms with van der Waals surface area (Å²) in [6.45, 7) is 6.24. The zero-order chi connectivity index (χ0) is 20.8. The lowest BCUT2D eigenvalue weighted by molar-refractivity contribution is -0.116. The van der Waals surface area contributed by atoms with Crippen LogP contribution in [0.4, 0.5) is 11.5 Å². The molecule has 0 spiro atoms. The van der Waals surface area contributed by atoms with Crippen molar-refractivity contribution >= 4 is 23.4 Å². The van der Waals surface area contributed by atoms with E-state index in [9.17, 15) is 4.79 Å². The highest BCUT2D eigenvalue weighted by atomic mass is 16.1. The first-order chi connectivity index (χ1) is 14.7. The lowest BCUT2D eigenvalue weighted by Crippen LogP contribution is -2.40. The number of nitrogens with zero attached hydrogens (tertiary/aromatic N) is 3. The van der Waals surface area contributed by atoms with Crippen molar-refractivity contribution < 1.29 is 4.79 Å². The van der Waals surface area contributed by atoms with Gasteiger partial charge in [0.25, 0.3) is 0 Å². The Labute approximate surface area is 178 Å². The molecule has 0 aliphatic carbocycles. The quantitative estimate of drug-likeness (QED) is 0.508. The van der Waals surface area contributed by atoms with Crippen LogP contribution in [0.2, 0.25) is 0 Å². The number of nitrogens with one attached hydrogen (secondary N) is 3. The second kappa shape index (κ2) is 9.61. The minimum absolute atomic E-state index is 0.0617. The topological polar surface area (TPSA) is 81.7 Å². The van der Waals surface area contributed by atoms with Crippen LogP contribution < -0.4 is 20.9 Å². The molecule has 2 aromatic rings. The number of carbonyl (C=O) groups excluding carboxylic acids is 1. The summed E-state index contributed by atoms with van der Waals surface area (Å²) in [5.74, 6) is 2.00. The predicted octanol–water partition coefficient (Wildman–Crippen LogP) is 2.86. The van der Waals surface area contributed by atoms with E-state index in [1.807, 2.05) is 31.3 Å². The molecule has 3 heterocycles. The first-order valence-electron chi connectivity index (χ1n) is 10.8. The minimum atomic E-state index is 0.0617. The highest BCUT2D eigenvalue weighted by molar-refractivity contribution is 5.94. The molecule has 0 saturated carbocycles. The summed E-state index contributed by atoms with van der Waals surface area (Å²) in [5, 5.41) is 9.65. The van der Waals surface area contributed by atoms with Crippen molar-refractivity contribution in [3.63, 3.8) is 0 Å². The van der Waals surface area contributed by atoms with E-state index < -0.39 is 0 Å². The average molecular weight is 407 g/mol. The molecule has 2 aliphatic heterocycles. The molecule has 1 aromatic heterocycles. The van der Waals surface area contributed by atoms with Crippen LogP contribution in [-0.2, 0) is 11.3 Å². The molecule has 7 nitrogen and oxygen atoms in total. The number of hydrogen-bond donors (Lipinski definition) is 3. The van der Waals surface area contributed by atoms with Crippen molar-refractivity contribution in [3.8, 4) is 0 Å². The van der Waals surface area contributed by atoms with Gasteiger partial charge in [-0.25, -0.2) is 9.98 Å². The molecule has 1 atom stereocenters. The van der Waals surface area contributed by atoms with E-state index in [-0.39, 0.29) is 11.8 Å². The van der Waals surface area contributed by atoms with Gasteiger partial charge in [-0.05, 0) is 43.0 Å². The van der Waals surface area contributed by atoms with Gasteiger partial charge < -0.3 is 20.9 Å². The standard InChI is InChI=1S/C23H30N6O/c1-2-24-23(26-15-17-9-10-21(25-14-17)29-11-5-6-12-29)27-16-18-13-22(30)28-20-8-4-3-7-19(18)20/h3-4,7-10,14,18H,2,5-6,11-13,15-16H2,1H3,(H,28,30)(H2,24,26,27). The van der Waals surface area contributed by atoms with Gasteiger partial charge in [-0.3, -0.25) is 4.79 Å². The molecule has 1 aromatic carbocycles. The largest absolute Gasteiger partial charge is 0.357 e. The van der Waals surface area contributed by atoms with Crippen LogP contribution in [0.1, 0.15) is 43.2 Å². The Balaban J connectivity index is 1.38. The van der Waals surface area contributed by atoms with Gasteiger partial charge in [0.05, 0.1) is 6.54 Å². The van der Waals surface area contributed by atoms with Crippen molar-refractivity contribution in [1.82, 2.24) is 15.6 Å². The summed E-state index contributed by atoms with van der Waals surface area (Å²) < 4.78 is 0. The van der Waals surface area contributed by atoms with Crippen molar-refractivity contribution in [1.29, 1.82) is 0 Å². The molecular formula is C23H30N6O. The number of rotatable bonds is 6. The summed E-state index contributed by atoms with van der Waals surface area (Å²) in [7, 11) is 0. The van der Waals surface area contributed by atoms with Gasteiger partial charge in [-0.1, -0.05) is 24.3 Å². The zero-order valence-corrected chi connectivity index (χ0v) is 17.5. The molecule has 7 heteroatoms. The summed E-state index contributed by atoms with van der Waals surface area (Å²) in [6.07, 6.45) is 4.89. The Bertz CT molecular complexity index is 889. The lowest BCUT2D eigenvalue weighted by atomic mass is 9.90. The van der Waals surface area contributed by atoms with Gasteiger partial charge in [0, 0.05) is 50.4 Å². The van der Waals surface area contributed by atoms with Crippen molar-refractivity contribution in [2.75, 3.05) is 36.4 Å². The third kappa shape index (κ3) is 4.90. The van der Waals surface area contributed by atoms with Crippen molar-refractivity contribution in [3.05, 3.63) is 53.7 Å². The van der Waals surface area contributed by atoms with Crippen LogP contribution in [0, 0.1) is 0 Å². The second-order valence-corrected chi connectivity index (χ2v) is 7.83. The van der Waals surface area contributed by atoms with E-state index in [4.69, 9.17) is 4.99 Å². The summed E-state index contributed by atoms with van der Waals surface area (Å²) >= 11 is 0. The number of pyridine rings is 1. The molecule has 0 radical (unpaired) electrons. The molecule has 158 valence electrons. The zero-order valence-electron chi connectivity index (χ0n) is 17.5. The minimum Gasteiger partial charge on any atom is -0.357 e. The normalized spacial score (nSPS) is 18.7. The van der Waals surface area contributed by atoms with Gasteiger partial charge in [0.2, 0.25) is 5.91 Å². The maximum Gasteiger partial charge on any atom is 0.225 e. The Hall–Kier alpha value is -3.09. The Morgan fingerprint density at radius 2 is 2.03 bits per heavy atom. The molecule has 1 saturated heterocycles. The number of guanidine groups is 1. The Morgan fingerprint density at radius 3 is 2.80 bits per heavy atom. The van der Waals surface area contributed by atoms with E-state index in [1.54, 1.807) is 0 Å². The molecule has 30 heavy (non-hydrogen) atoms. The van der Waals surface area contributed by atoms with Gasteiger partial charge in [0.1, 0.15) is 5.82 Å². The predicted molar refractivity (Wildman–Crippen MR) is 121 cm³/mol. The average Bonchev–Trinajstić information content (AvgIpc) is 3.31. The second-order valence-electron chi connectivity index (χ2n) is 7.83. The van der Waals surface area contributed by atoms with E-state index in [0.717, 1.165) is 42.7 Å². The maximum absolute atomic E-state index is 12.0. The number of amides is 1. The molecule has 3 N–H and O–H groups in total. The summed E-state index contributed by atoms with van der Waals surface area (Å²) in [4.78, 5) is 23.7. The van der Waals surface area contributed by atoms with E-state index in [2.05, 4.69) is 44.0 Å². The third-order valence-corrected chi connectivity index (χ3v) is 5.63. The number of anilines is 2. The number of aliphatic imine (C=N–C) groups is 1. The number of aromatic nitrogens is 1. The number of benzene rings is 1. The first-order valence-corrected chi connectivity index (χ1v) is 10.8. The SMILES string of the molecule is CCNC(=NCc1ccc(N2CCCC2)nc1)NCC1CC(=O)Nc2ccccc21. The van der Waals surface area contributed by atoms with Crippen LogP contribution >= 0.6 is 0 Å². The number of para-hydroxylation sites is 1. The fourth-order valence-electron chi connectivity index (χ4n) is 4.06. The lowest BCUT2D eigenvalue weighted by Gasteiger charge is -2.26. The molecular weight excluding hydrogens is 376 g/mol. The molecule has 0 bridgehead atoms. The van der Waals surface area contributed by atoms with Gasteiger partial charge in [-0.2, -0.15) is 0 Å². The first kappa shape index (κ1) is 20.2. The Kier molecular flexibility index (Phi) is 6.47. The van der Waals surface area contributed by atoms with Crippen LogP contribution in [0.5, 0.6) is 0 Å². The fourth-order valence-corrected chi connectivity index (χ4v) is 4.06. The van der Waals surface area contributed by atoms with Crippen LogP contribution in [0.25, 0.3) is 0 Å². The number of carbonyl (C=O) groups is 1.